The topological polar surface area (TPSA) is 69.6 Å². The third kappa shape index (κ3) is 3.53. The van der Waals surface area contributed by atoms with Crippen LogP contribution in [0.15, 0.2) is 28.7 Å². The third-order valence-corrected chi connectivity index (χ3v) is 8.37. The summed E-state index contributed by atoms with van der Waals surface area (Å²) >= 11 is 6.98. The zero-order valence-corrected chi connectivity index (χ0v) is 16.6. The molecule has 7 nitrogen and oxygen atoms in total. The van der Waals surface area contributed by atoms with Crippen molar-refractivity contribution >= 4 is 44.6 Å². The van der Waals surface area contributed by atoms with E-state index in [0.29, 0.717) is 34.7 Å². The molecule has 2 aliphatic heterocycles. The highest BCUT2D eigenvalue weighted by molar-refractivity contribution is 7.91. The molecule has 2 saturated heterocycles. The molecule has 0 atom stereocenters. The molecule has 2 fully saturated rings. The van der Waals surface area contributed by atoms with Crippen LogP contribution in [0.5, 0.6) is 0 Å². The number of hydrogen-bond acceptors (Lipinski definition) is 7. The fourth-order valence-electron chi connectivity index (χ4n) is 3.35. The first kappa shape index (κ1) is 18.0. The summed E-state index contributed by atoms with van der Waals surface area (Å²) in [7, 11) is -3.47. The van der Waals surface area contributed by atoms with Crippen molar-refractivity contribution in [3.05, 3.63) is 28.9 Å². The molecule has 0 radical (unpaired) electrons. The minimum Gasteiger partial charge on any atom is -0.356 e. The van der Waals surface area contributed by atoms with Crippen molar-refractivity contribution in [3.63, 3.8) is 0 Å². The van der Waals surface area contributed by atoms with Crippen LogP contribution in [0.2, 0.25) is 4.34 Å². The maximum Gasteiger partial charge on any atom is 0.252 e. The Morgan fingerprint density at radius 1 is 0.923 bits per heavy atom. The van der Waals surface area contributed by atoms with Crippen LogP contribution in [-0.2, 0) is 10.0 Å². The molecule has 2 aliphatic rings. The minimum atomic E-state index is -3.47. The number of thiophene rings is 1. The Morgan fingerprint density at radius 3 is 2.12 bits per heavy atom. The van der Waals surface area contributed by atoms with Gasteiger partial charge in [-0.05, 0) is 25.0 Å². The van der Waals surface area contributed by atoms with Crippen molar-refractivity contribution in [1.29, 1.82) is 0 Å². The van der Waals surface area contributed by atoms with Crippen molar-refractivity contribution in [1.82, 2.24) is 14.3 Å². The molecule has 0 N–H and O–H groups in total. The van der Waals surface area contributed by atoms with Gasteiger partial charge in [0.05, 0.1) is 4.34 Å². The summed E-state index contributed by atoms with van der Waals surface area (Å²) in [6.45, 7) is 4.14. The van der Waals surface area contributed by atoms with E-state index in [9.17, 15) is 8.42 Å². The Labute approximate surface area is 162 Å². The van der Waals surface area contributed by atoms with Crippen LogP contribution in [0.4, 0.5) is 11.6 Å². The molecule has 0 aromatic carbocycles. The summed E-state index contributed by atoms with van der Waals surface area (Å²) in [5, 5.41) is 0. The zero-order chi connectivity index (χ0) is 18.1. The van der Waals surface area contributed by atoms with Gasteiger partial charge in [0.2, 0.25) is 0 Å². The van der Waals surface area contributed by atoms with Crippen molar-refractivity contribution < 1.29 is 8.42 Å². The Bertz CT molecular complexity index is 874. The number of anilines is 2. The monoisotopic (exact) mass is 413 g/mol. The SMILES string of the molecule is O=S(=O)(c1ccc(Cl)s1)N1CCN(c2cc(N3CCCC3)ncn2)CC1. The van der Waals surface area contributed by atoms with Gasteiger partial charge in [0.15, 0.2) is 0 Å². The number of nitrogens with zero attached hydrogens (tertiary/aromatic N) is 5. The molecule has 140 valence electrons. The van der Waals surface area contributed by atoms with Crippen molar-refractivity contribution in [3.8, 4) is 0 Å². The van der Waals surface area contributed by atoms with Crippen LogP contribution in [0, 0.1) is 0 Å². The molecule has 4 rings (SSSR count). The van der Waals surface area contributed by atoms with Gasteiger partial charge in [-0.15, -0.1) is 11.3 Å². The fraction of sp³-hybridized carbons (Fsp3) is 0.500. The second-order valence-corrected chi connectivity index (χ2v) is 10.3. The highest BCUT2D eigenvalue weighted by Crippen LogP contribution is 2.29. The summed E-state index contributed by atoms with van der Waals surface area (Å²) in [5.41, 5.74) is 0. The van der Waals surface area contributed by atoms with Gasteiger partial charge in [-0.25, -0.2) is 18.4 Å². The van der Waals surface area contributed by atoms with E-state index in [4.69, 9.17) is 11.6 Å². The first-order valence-corrected chi connectivity index (χ1v) is 11.2. The number of piperazine rings is 1. The number of halogens is 1. The zero-order valence-electron chi connectivity index (χ0n) is 14.2. The average molecular weight is 414 g/mol. The fourth-order valence-corrected chi connectivity index (χ4v) is 6.41. The van der Waals surface area contributed by atoms with Crippen LogP contribution in [-0.4, -0.2) is 62.0 Å². The quantitative estimate of drug-likeness (QED) is 0.766. The maximum absolute atomic E-state index is 12.7. The normalized spacial score (nSPS) is 19.3. The number of hydrogen-bond donors (Lipinski definition) is 0. The van der Waals surface area contributed by atoms with Gasteiger partial charge in [0.1, 0.15) is 22.2 Å². The van der Waals surface area contributed by atoms with E-state index in [1.165, 1.54) is 17.1 Å². The molecule has 26 heavy (non-hydrogen) atoms. The summed E-state index contributed by atoms with van der Waals surface area (Å²) < 4.78 is 27.7. The molecule has 0 spiro atoms. The number of aromatic nitrogens is 2. The summed E-state index contributed by atoms with van der Waals surface area (Å²) in [5.74, 6) is 1.81. The smallest absolute Gasteiger partial charge is 0.252 e. The first-order valence-electron chi connectivity index (χ1n) is 8.61. The van der Waals surface area contributed by atoms with Crippen LogP contribution in [0.3, 0.4) is 0 Å². The number of rotatable bonds is 4. The number of sulfonamides is 1. The molecule has 0 amide bonds. The van der Waals surface area contributed by atoms with Gasteiger partial charge < -0.3 is 9.80 Å². The average Bonchev–Trinajstić information content (AvgIpc) is 3.34. The van der Waals surface area contributed by atoms with Gasteiger partial charge in [0.25, 0.3) is 10.0 Å². The predicted octanol–water partition coefficient (Wildman–Crippen LogP) is 2.30. The van der Waals surface area contributed by atoms with E-state index in [1.807, 2.05) is 6.07 Å². The molecule has 0 aliphatic carbocycles. The molecule has 10 heteroatoms. The van der Waals surface area contributed by atoms with E-state index >= 15 is 0 Å². The first-order chi connectivity index (χ1) is 12.5. The maximum atomic E-state index is 12.7. The van der Waals surface area contributed by atoms with Gasteiger partial charge in [-0.2, -0.15) is 4.31 Å². The summed E-state index contributed by atoms with van der Waals surface area (Å²) in [6, 6.07) is 5.20. The van der Waals surface area contributed by atoms with E-state index < -0.39 is 10.0 Å². The molecular weight excluding hydrogens is 394 g/mol. The Hall–Kier alpha value is -1.42. The van der Waals surface area contributed by atoms with Gasteiger partial charge >= 0.3 is 0 Å². The Balaban J connectivity index is 1.44. The van der Waals surface area contributed by atoms with E-state index in [0.717, 1.165) is 36.1 Å². The minimum absolute atomic E-state index is 0.300. The highest BCUT2D eigenvalue weighted by Gasteiger charge is 2.30. The predicted molar refractivity (Wildman–Crippen MR) is 104 cm³/mol. The largest absolute Gasteiger partial charge is 0.356 e. The highest BCUT2D eigenvalue weighted by atomic mass is 35.5. The lowest BCUT2D eigenvalue weighted by molar-refractivity contribution is 0.384. The lowest BCUT2D eigenvalue weighted by Crippen LogP contribution is -2.48. The Kier molecular flexibility index (Phi) is 5.05. The van der Waals surface area contributed by atoms with Gasteiger partial charge in [-0.3, -0.25) is 0 Å². The molecular formula is C16H20ClN5O2S2. The molecule has 0 bridgehead atoms. The molecule has 4 heterocycles. The molecule has 0 unspecified atom stereocenters. The molecule has 0 saturated carbocycles. The van der Waals surface area contributed by atoms with E-state index in [1.54, 1.807) is 18.5 Å². The summed E-state index contributed by atoms with van der Waals surface area (Å²) in [4.78, 5) is 13.2. The lowest BCUT2D eigenvalue weighted by atomic mass is 10.3. The van der Waals surface area contributed by atoms with Crippen LogP contribution >= 0.6 is 22.9 Å². The summed E-state index contributed by atoms with van der Waals surface area (Å²) in [6.07, 6.45) is 3.99. The van der Waals surface area contributed by atoms with Crippen LogP contribution in [0.25, 0.3) is 0 Å². The Morgan fingerprint density at radius 2 is 1.54 bits per heavy atom. The van der Waals surface area contributed by atoms with Crippen molar-refractivity contribution in [2.45, 2.75) is 17.1 Å². The standard InChI is InChI=1S/C16H20ClN5O2S2/c17-13-3-4-16(25-13)26(23,24)22-9-7-21(8-10-22)15-11-14(18-12-19-15)20-5-1-2-6-20/h3-4,11-12H,1-2,5-10H2. The van der Waals surface area contributed by atoms with Crippen molar-refractivity contribution in [2.75, 3.05) is 49.1 Å². The van der Waals surface area contributed by atoms with Crippen LogP contribution in [0.1, 0.15) is 12.8 Å². The van der Waals surface area contributed by atoms with E-state index in [-0.39, 0.29) is 0 Å². The molecule has 2 aromatic rings. The second-order valence-electron chi connectivity index (χ2n) is 6.38. The lowest BCUT2D eigenvalue weighted by Gasteiger charge is -2.34. The van der Waals surface area contributed by atoms with Crippen LogP contribution < -0.4 is 9.80 Å². The van der Waals surface area contributed by atoms with Gasteiger partial charge in [-0.1, -0.05) is 11.6 Å². The molecule has 2 aromatic heterocycles. The third-order valence-electron chi connectivity index (χ3n) is 4.77. The second kappa shape index (κ2) is 7.30. The van der Waals surface area contributed by atoms with Crippen molar-refractivity contribution in [2.24, 2.45) is 0 Å². The van der Waals surface area contributed by atoms with Gasteiger partial charge in [0, 0.05) is 45.3 Å². The van der Waals surface area contributed by atoms with E-state index in [2.05, 4.69) is 19.8 Å².